The molecule has 0 aliphatic rings. The van der Waals surface area contributed by atoms with Crippen molar-refractivity contribution in [3.05, 3.63) is 24.5 Å². The molecule has 4 heteroatoms. The smallest absolute Gasteiger partial charge is 0.0527 e. The summed E-state index contributed by atoms with van der Waals surface area (Å²) in [5, 5.41) is 3.13. The minimum Gasteiger partial charge on any atom is -0.382 e. The fraction of sp³-hybridized carbons (Fsp3) is 0.375. The van der Waals surface area contributed by atoms with Crippen molar-refractivity contribution in [1.29, 1.82) is 0 Å². The first kappa shape index (κ1) is 8.96. The summed E-state index contributed by atoms with van der Waals surface area (Å²) in [4.78, 5) is 3.95. The number of nitrogens with one attached hydrogen (secondary N) is 1. The van der Waals surface area contributed by atoms with E-state index in [1.54, 1.807) is 12.4 Å². The normalized spacial score (nSPS) is 12.5. The molecule has 0 bridgehead atoms. The van der Waals surface area contributed by atoms with Gasteiger partial charge in [0.1, 0.15) is 0 Å². The summed E-state index contributed by atoms with van der Waals surface area (Å²) < 4.78 is 0. The van der Waals surface area contributed by atoms with Gasteiger partial charge in [0.15, 0.2) is 0 Å². The van der Waals surface area contributed by atoms with E-state index >= 15 is 0 Å². The molecule has 1 aromatic heterocycles. The third kappa shape index (κ3) is 2.86. The van der Waals surface area contributed by atoms with Crippen LogP contribution >= 0.6 is 0 Å². The Morgan fingerprint density at radius 3 is 3.00 bits per heavy atom. The Hall–Kier alpha value is -1.13. The van der Waals surface area contributed by atoms with Gasteiger partial charge in [0.05, 0.1) is 5.69 Å². The van der Waals surface area contributed by atoms with E-state index in [-0.39, 0.29) is 6.04 Å². The van der Waals surface area contributed by atoms with Crippen molar-refractivity contribution in [3.8, 4) is 0 Å². The van der Waals surface area contributed by atoms with Crippen molar-refractivity contribution in [1.82, 2.24) is 4.98 Å². The van der Waals surface area contributed by atoms with Crippen LogP contribution in [0.3, 0.4) is 0 Å². The molecule has 0 fully saturated rings. The molecule has 0 radical (unpaired) electrons. The summed E-state index contributed by atoms with van der Waals surface area (Å²) in [6.07, 6.45) is 3.48. The second-order valence-corrected chi connectivity index (χ2v) is 2.62. The zero-order chi connectivity index (χ0) is 8.81. The SMILES string of the molecule is NCC(N)CNc1cccnc1. The Balaban J connectivity index is 2.33. The summed E-state index contributed by atoms with van der Waals surface area (Å²) in [5.74, 6) is 0. The largest absolute Gasteiger partial charge is 0.382 e. The molecule has 1 rings (SSSR count). The summed E-state index contributed by atoms with van der Waals surface area (Å²) >= 11 is 0. The molecule has 0 aliphatic heterocycles. The molecule has 1 aromatic rings. The number of anilines is 1. The number of pyridine rings is 1. The van der Waals surface area contributed by atoms with E-state index in [0.29, 0.717) is 13.1 Å². The van der Waals surface area contributed by atoms with E-state index in [1.807, 2.05) is 12.1 Å². The second-order valence-electron chi connectivity index (χ2n) is 2.62. The Morgan fingerprint density at radius 2 is 2.42 bits per heavy atom. The minimum absolute atomic E-state index is 0.00482. The Labute approximate surface area is 72.0 Å². The minimum atomic E-state index is 0.00482. The summed E-state index contributed by atoms with van der Waals surface area (Å²) in [7, 11) is 0. The van der Waals surface area contributed by atoms with Gasteiger partial charge in [-0.1, -0.05) is 0 Å². The molecule has 0 saturated carbocycles. The van der Waals surface area contributed by atoms with Gasteiger partial charge in [-0.3, -0.25) is 4.98 Å². The third-order valence-corrected chi connectivity index (χ3v) is 1.53. The van der Waals surface area contributed by atoms with Crippen LogP contribution in [-0.2, 0) is 0 Å². The Bertz CT molecular complexity index is 212. The molecule has 0 spiro atoms. The number of hydrogen-bond acceptors (Lipinski definition) is 4. The fourth-order valence-corrected chi connectivity index (χ4v) is 0.800. The van der Waals surface area contributed by atoms with E-state index in [9.17, 15) is 0 Å². The molecule has 1 heterocycles. The van der Waals surface area contributed by atoms with Gasteiger partial charge in [-0.05, 0) is 12.1 Å². The summed E-state index contributed by atoms with van der Waals surface area (Å²) in [5.41, 5.74) is 11.9. The van der Waals surface area contributed by atoms with Gasteiger partial charge in [-0.25, -0.2) is 0 Å². The van der Waals surface area contributed by atoms with Crippen LogP contribution in [0.4, 0.5) is 5.69 Å². The summed E-state index contributed by atoms with van der Waals surface area (Å²) in [6, 6.07) is 3.82. The number of rotatable bonds is 4. The van der Waals surface area contributed by atoms with Crippen molar-refractivity contribution in [3.63, 3.8) is 0 Å². The molecule has 66 valence electrons. The maximum absolute atomic E-state index is 5.61. The first-order valence-corrected chi connectivity index (χ1v) is 3.92. The first-order valence-electron chi connectivity index (χ1n) is 3.92. The molecule has 0 aliphatic carbocycles. The van der Waals surface area contributed by atoms with E-state index in [4.69, 9.17) is 11.5 Å². The van der Waals surface area contributed by atoms with Crippen LogP contribution in [-0.4, -0.2) is 24.1 Å². The van der Waals surface area contributed by atoms with Gasteiger partial charge in [0.2, 0.25) is 0 Å². The molecule has 5 N–H and O–H groups in total. The second kappa shape index (κ2) is 4.69. The van der Waals surface area contributed by atoms with Crippen LogP contribution in [0.5, 0.6) is 0 Å². The average Bonchev–Trinajstić information content (AvgIpc) is 2.16. The molecule has 0 saturated heterocycles. The fourth-order valence-electron chi connectivity index (χ4n) is 0.800. The lowest BCUT2D eigenvalue weighted by atomic mass is 10.3. The molecular weight excluding hydrogens is 152 g/mol. The quantitative estimate of drug-likeness (QED) is 0.578. The van der Waals surface area contributed by atoms with E-state index < -0.39 is 0 Å². The lowest BCUT2D eigenvalue weighted by Gasteiger charge is -2.10. The van der Waals surface area contributed by atoms with Crippen LogP contribution in [0.1, 0.15) is 0 Å². The van der Waals surface area contributed by atoms with Crippen LogP contribution in [0.2, 0.25) is 0 Å². The van der Waals surface area contributed by atoms with Gasteiger partial charge in [0, 0.05) is 31.5 Å². The monoisotopic (exact) mass is 166 g/mol. The standard InChI is InChI=1S/C8H14N4/c9-4-7(10)5-12-8-2-1-3-11-6-8/h1-3,6-7,12H,4-5,9-10H2. The number of nitrogens with two attached hydrogens (primary N) is 2. The molecule has 0 aromatic carbocycles. The zero-order valence-corrected chi connectivity index (χ0v) is 6.90. The van der Waals surface area contributed by atoms with Crippen molar-refractivity contribution in [2.45, 2.75) is 6.04 Å². The van der Waals surface area contributed by atoms with Crippen LogP contribution < -0.4 is 16.8 Å². The third-order valence-electron chi connectivity index (χ3n) is 1.53. The van der Waals surface area contributed by atoms with E-state index in [0.717, 1.165) is 5.69 Å². The topological polar surface area (TPSA) is 77.0 Å². The van der Waals surface area contributed by atoms with Gasteiger partial charge in [-0.15, -0.1) is 0 Å². The van der Waals surface area contributed by atoms with Crippen LogP contribution in [0.25, 0.3) is 0 Å². The lowest BCUT2D eigenvalue weighted by Crippen LogP contribution is -2.36. The zero-order valence-electron chi connectivity index (χ0n) is 6.90. The molecular formula is C8H14N4. The molecule has 1 unspecified atom stereocenters. The Kier molecular flexibility index (Phi) is 3.50. The first-order chi connectivity index (χ1) is 5.83. The van der Waals surface area contributed by atoms with Crippen LogP contribution in [0, 0.1) is 0 Å². The van der Waals surface area contributed by atoms with Crippen molar-refractivity contribution in [2.75, 3.05) is 18.4 Å². The number of aromatic nitrogens is 1. The highest BCUT2D eigenvalue weighted by molar-refractivity contribution is 5.39. The van der Waals surface area contributed by atoms with Gasteiger partial charge < -0.3 is 16.8 Å². The summed E-state index contributed by atoms with van der Waals surface area (Å²) in [6.45, 7) is 1.18. The number of hydrogen-bond donors (Lipinski definition) is 3. The molecule has 4 nitrogen and oxygen atoms in total. The highest BCUT2D eigenvalue weighted by atomic mass is 14.9. The van der Waals surface area contributed by atoms with Crippen LogP contribution in [0.15, 0.2) is 24.5 Å². The van der Waals surface area contributed by atoms with Crippen molar-refractivity contribution >= 4 is 5.69 Å². The lowest BCUT2D eigenvalue weighted by molar-refractivity contribution is 0.713. The number of nitrogens with zero attached hydrogens (tertiary/aromatic N) is 1. The van der Waals surface area contributed by atoms with E-state index in [1.165, 1.54) is 0 Å². The maximum atomic E-state index is 5.61. The average molecular weight is 166 g/mol. The van der Waals surface area contributed by atoms with Crippen molar-refractivity contribution in [2.24, 2.45) is 11.5 Å². The maximum Gasteiger partial charge on any atom is 0.0527 e. The van der Waals surface area contributed by atoms with Gasteiger partial charge in [0.25, 0.3) is 0 Å². The van der Waals surface area contributed by atoms with E-state index in [2.05, 4.69) is 10.3 Å². The molecule has 1 atom stereocenters. The van der Waals surface area contributed by atoms with Gasteiger partial charge in [-0.2, -0.15) is 0 Å². The predicted molar refractivity (Wildman–Crippen MR) is 49.8 cm³/mol. The molecule has 0 amide bonds. The highest BCUT2D eigenvalue weighted by Crippen LogP contribution is 2.01. The predicted octanol–water partition coefficient (Wildman–Crippen LogP) is -0.221. The Morgan fingerprint density at radius 1 is 1.58 bits per heavy atom. The molecule has 12 heavy (non-hydrogen) atoms. The van der Waals surface area contributed by atoms with Crippen molar-refractivity contribution < 1.29 is 0 Å². The highest BCUT2D eigenvalue weighted by Gasteiger charge is 1.97. The van der Waals surface area contributed by atoms with Gasteiger partial charge >= 0.3 is 0 Å².